The van der Waals surface area contributed by atoms with Crippen LogP contribution in [0.2, 0.25) is 0 Å². The Labute approximate surface area is 165 Å². The van der Waals surface area contributed by atoms with Gasteiger partial charge >= 0.3 is 0 Å². The van der Waals surface area contributed by atoms with Crippen LogP contribution >= 0.6 is 0 Å². The quantitative estimate of drug-likeness (QED) is 0.648. The SMILES string of the molecule is O=C(CNC(c1ccccc1)c1ccccc1)Nc1ccnn1C1CCCC1. The van der Waals surface area contributed by atoms with Gasteiger partial charge < -0.3 is 5.32 Å². The van der Waals surface area contributed by atoms with Crippen molar-refractivity contribution in [3.8, 4) is 0 Å². The molecule has 5 heteroatoms. The highest BCUT2D eigenvalue weighted by Gasteiger charge is 2.21. The van der Waals surface area contributed by atoms with Crippen LogP contribution in [-0.2, 0) is 4.79 Å². The summed E-state index contributed by atoms with van der Waals surface area (Å²) >= 11 is 0. The average Bonchev–Trinajstić information content (AvgIpc) is 3.41. The molecule has 2 aromatic carbocycles. The van der Waals surface area contributed by atoms with Gasteiger partial charge in [-0.1, -0.05) is 73.5 Å². The van der Waals surface area contributed by atoms with E-state index in [1.54, 1.807) is 6.20 Å². The molecule has 1 aliphatic rings. The highest BCUT2D eigenvalue weighted by molar-refractivity contribution is 5.91. The molecule has 0 unspecified atom stereocenters. The molecule has 1 aliphatic carbocycles. The molecule has 4 rings (SSSR count). The van der Waals surface area contributed by atoms with Crippen LogP contribution in [-0.4, -0.2) is 22.2 Å². The summed E-state index contributed by atoms with van der Waals surface area (Å²) in [5, 5.41) is 10.9. The van der Waals surface area contributed by atoms with Crippen LogP contribution in [0, 0.1) is 0 Å². The largest absolute Gasteiger partial charge is 0.310 e. The molecule has 0 radical (unpaired) electrons. The van der Waals surface area contributed by atoms with E-state index in [0.29, 0.717) is 6.04 Å². The van der Waals surface area contributed by atoms with Crippen LogP contribution in [0.25, 0.3) is 0 Å². The van der Waals surface area contributed by atoms with Crippen LogP contribution in [0.1, 0.15) is 48.9 Å². The standard InChI is InChI=1S/C23H26N4O/c28-22(26-21-15-16-25-27(21)20-13-7-8-14-20)17-24-23(18-9-3-1-4-10-18)19-11-5-2-6-12-19/h1-6,9-12,15-16,20,23-24H,7-8,13-14,17H2,(H,26,28). The lowest BCUT2D eigenvalue weighted by atomic mass is 9.99. The highest BCUT2D eigenvalue weighted by atomic mass is 16.2. The molecule has 1 fully saturated rings. The van der Waals surface area contributed by atoms with Gasteiger partial charge in [-0.3, -0.25) is 10.1 Å². The van der Waals surface area contributed by atoms with Gasteiger partial charge in [-0.25, -0.2) is 4.68 Å². The van der Waals surface area contributed by atoms with Gasteiger partial charge in [-0.2, -0.15) is 5.10 Å². The summed E-state index contributed by atoms with van der Waals surface area (Å²) in [5.74, 6) is 0.728. The number of carbonyl (C=O) groups is 1. The van der Waals surface area contributed by atoms with Gasteiger partial charge in [0, 0.05) is 6.07 Å². The van der Waals surface area contributed by atoms with Gasteiger partial charge in [0.15, 0.2) is 0 Å². The maximum atomic E-state index is 12.6. The number of aromatic nitrogens is 2. The summed E-state index contributed by atoms with van der Waals surface area (Å²) in [4.78, 5) is 12.6. The summed E-state index contributed by atoms with van der Waals surface area (Å²) in [6, 6.07) is 22.7. The van der Waals surface area contributed by atoms with Crippen LogP contribution in [0.15, 0.2) is 72.9 Å². The van der Waals surface area contributed by atoms with E-state index in [1.165, 1.54) is 12.8 Å². The third kappa shape index (κ3) is 4.31. The minimum Gasteiger partial charge on any atom is -0.310 e. The minimum absolute atomic E-state index is 0.0344. The average molecular weight is 374 g/mol. The number of rotatable bonds is 7. The van der Waals surface area contributed by atoms with Crippen molar-refractivity contribution in [1.29, 1.82) is 0 Å². The van der Waals surface area contributed by atoms with E-state index in [1.807, 2.05) is 47.1 Å². The maximum Gasteiger partial charge on any atom is 0.239 e. The Morgan fingerprint density at radius 2 is 1.57 bits per heavy atom. The molecular weight excluding hydrogens is 348 g/mol. The van der Waals surface area contributed by atoms with Gasteiger partial charge in [0.05, 0.1) is 24.8 Å². The van der Waals surface area contributed by atoms with E-state index in [2.05, 4.69) is 40.0 Å². The molecule has 3 aromatic rings. The lowest BCUT2D eigenvalue weighted by Gasteiger charge is -2.20. The molecule has 0 aliphatic heterocycles. The molecule has 0 saturated heterocycles. The first-order chi connectivity index (χ1) is 13.8. The van der Waals surface area contributed by atoms with Gasteiger partial charge in [-0.05, 0) is 24.0 Å². The number of hydrogen-bond acceptors (Lipinski definition) is 3. The number of carbonyl (C=O) groups excluding carboxylic acids is 1. The third-order valence-corrected chi connectivity index (χ3v) is 5.34. The molecule has 1 amide bonds. The second kappa shape index (κ2) is 8.85. The zero-order valence-electron chi connectivity index (χ0n) is 15.9. The van der Waals surface area contributed by atoms with Crippen molar-refractivity contribution >= 4 is 11.7 Å². The van der Waals surface area contributed by atoms with Crippen LogP contribution in [0.5, 0.6) is 0 Å². The number of amides is 1. The van der Waals surface area contributed by atoms with Crippen LogP contribution in [0.4, 0.5) is 5.82 Å². The van der Waals surface area contributed by atoms with E-state index in [-0.39, 0.29) is 18.5 Å². The van der Waals surface area contributed by atoms with Crippen molar-refractivity contribution in [2.45, 2.75) is 37.8 Å². The zero-order chi connectivity index (χ0) is 19.2. The predicted octanol–water partition coefficient (Wildman–Crippen LogP) is 4.32. The Balaban J connectivity index is 1.43. The Bertz CT molecular complexity index is 846. The van der Waals surface area contributed by atoms with Gasteiger partial charge in [-0.15, -0.1) is 0 Å². The van der Waals surface area contributed by atoms with Gasteiger partial charge in [0.2, 0.25) is 5.91 Å². The molecule has 2 N–H and O–H groups in total. The molecule has 144 valence electrons. The Morgan fingerprint density at radius 3 is 2.18 bits per heavy atom. The summed E-state index contributed by atoms with van der Waals surface area (Å²) in [6.45, 7) is 0.226. The summed E-state index contributed by atoms with van der Waals surface area (Å²) in [5.41, 5.74) is 2.27. The first kappa shape index (κ1) is 18.4. The predicted molar refractivity (Wildman–Crippen MR) is 111 cm³/mol. The number of benzene rings is 2. The van der Waals surface area contributed by atoms with E-state index >= 15 is 0 Å². The van der Waals surface area contributed by atoms with Crippen molar-refractivity contribution in [2.75, 3.05) is 11.9 Å². The normalized spacial score (nSPS) is 14.5. The molecule has 1 heterocycles. The molecule has 0 bridgehead atoms. The second-order valence-corrected chi connectivity index (χ2v) is 7.28. The van der Waals surface area contributed by atoms with E-state index < -0.39 is 0 Å². The van der Waals surface area contributed by atoms with Crippen molar-refractivity contribution in [3.05, 3.63) is 84.1 Å². The first-order valence-electron chi connectivity index (χ1n) is 9.98. The first-order valence-corrected chi connectivity index (χ1v) is 9.98. The molecular formula is C23H26N4O. The fourth-order valence-corrected chi connectivity index (χ4v) is 3.95. The number of hydrogen-bond donors (Lipinski definition) is 2. The van der Waals surface area contributed by atoms with Crippen LogP contribution in [0.3, 0.4) is 0 Å². The summed E-state index contributed by atoms with van der Waals surface area (Å²) in [6.07, 6.45) is 6.49. The van der Waals surface area contributed by atoms with Crippen molar-refractivity contribution < 1.29 is 4.79 Å². The second-order valence-electron chi connectivity index (χ2n) is 7.28. The Hall–Kier alpha value is -2.92. The molecule has 5 nitrogen and oxygen atoms in total. The fraction of sp³-hybridized carbons (Fsp3) is 0.304. The molecule has 0 atom stereocenters. The lowest BCUT2D eigenvalue weighted by Crippen LogP contribution is -2.32. The summed E-state index contributed by atoms with van der Waals surface area (Å²) in [7, 11) is 0. The molecule has 1 saturated carbocycles. The van der Waals surface area contributed by atoms with E-state index in [9.17, 15) is 4.79 Å². The number of nitrogens with zero attached hydrogens (tertiary/aromatic N) is 2. The minimum atomic E-state index is -0.0587. The zero-order valence-corrected chi connectivity index (χ0v) is 15.9. The lowest BCUT2D eigenvalue weighted by molar-refractivity contribution is -0.115. The molecule has 1 aromatic heterocycles. The maximum absolute atomic E-state index is 12.6. The topological polar surface area (TPSA) is 59.0 Å². The molecule has 0 spiro atoms. The molecule has 28 heavy (non-hydrogen) atoms. The highest BCUT2D eigenvalue weighted by Crippen LogP contribution is 2.31. The number of anilines is 1. The van der Waals surface area contributed by atoms with Crippen molar-refractivity contribution in [3.63, 3.8) is 0 Å². The van der Waals surface area contributed by atoms with Crippen molar-refractivity contribution in [1.82, 2.24) is 15.1 Å². The fourth-order valence-electron chi connectivity index (χ4n) is 3.95. The third-order valence-electron chi connectivity index (χ3n) is 5.34. The van der Waals surface area contributed by atoms with Gasteiger partial charge in [0.1, 0.15) is 5.82 Å². The number of nitrogens with one attached hydrogen (secondary N) is 2. The van der Waals surface area contributed by atoms with E-state index in [4.69, 9.17) is 0 Å². The van der Waals surface area contributed by atoms with Gasteiger partial charge in [0.25, 0.3) is 0 Å². The van der Waals surface area contributed by atoms with Crippen LogP contribution < -0.4 is 10.6 Å². The Morgan fingerprint density at radius 1 is 0.964 bits per heavy atom. The summed E-state index contributed by atoms with van der Waals surface area (Å²) < 4.78 is 1.97. The Kier molecular flexibility index (Phi) is 5.83. The van der Waals surface area contributed by atoms with Crippen molar-refractivity contribution in [2.24, 2.45) is 0 Å². The van der Waals surface area contributed by atoms with E-state index in [0.717, 1.165) is 29.8 Å². The smallest absolute Gasteiger partial charge is 0.239 e. The monoisotopic (exact) mass is 374 g/mol.